The van der Waals surface area contributed by atoms with Gasteiger partial charge in [0.2, 0.25) is 0 Å². The van der Waals surface area contributed by atoms with E-state index >= 15 is 0 Å². The van der Waals surface area contributed by atoms with Crippen molar-refractivity contribution in [2.45, 2.75) is 37.5 Å². The van der Waals surface area contributed by atoms with Crippen LogP contribution < -0.4 is 10.6 Å². The van der Waals surface area contributed by atoms with Crippen molar-refractivity contribution in [3.63, 3.8) is 0 Å². The molecule has 4 amide bonds. The van der Waals surface area contributed by atoms with E-state index in [2.05, 4.69) is 20.5 Å². The van der Waals surface area contributed by atoms with E-state index in [1.807, 2.05) is 44.3 Å². The Morgan fingerprint density at radius 1 is 1.26 bits per heavy atom. The summed E-state index contributed by atoms with van der Waals surface area (Å²) in [6.45, 7) is 4.59. The van der Waals surface area contributed by atoms with Gasteiger partial charge in [0.15, 0.2) is 0 Å². The minimum absolute atomic E-state index is 0.0769. The molecule has 1 aromatic carbocycles. The lowest BCUT2D eigenvalue weighted by Crippen LogP contribution is -2.56. The Bertz CT molecular complexity index is 1090. The van der Waals surface area contributed by atoms with Gasteiger partial charge in [0.25, 0.3) is 0 Å². The molecule has 9 nitrogen and oxygen atoms in total. The first kappa shape index (κ1) is 25.3. The molecule has 1 aliphatic rings. The van der Waals surface area contributed by atoms with Crippen molar-refractivity contribution in [2.75, 3.05) is 19.8 Å². The molecule has 0 radical (unpaired) electrons. The maximum atomic E-state index is 13.3. The number of aliphatic carboxylic acids is 1. The SMILES string of the molecule is CSc1ncccc1C1C(C(=O)O)=C(C)NC(=O)N1C(=O)NC(C)CN(C)Cc1ccccc1. The summed E-state index contributed by atoms with van der Waals surface area (Å²) in [5.74, 6) is -1.22. The first-order chi connectivity index (χ1) is 16.2. The monoisotopic (exact) mass is 483 g/mol. The summed E-state index contributed by atoms with van der Waals surface area (Å²) in [7, 11) is 1.95. The molecule has 2 heterocycles. The minimum atomic E-state index is -1.22. The number of allylic oxidation sites excluding steroid dienone is 1. The van der Waals surface area contributed by atoms with Gasteiger partial charge >= 0.3 is 18.0 Å². The fourth-order valence-electron chi connectivity index (χ4n) is 4.06. The number of amides is 4. The van der Waals surface area contributed by atoms with Crippen molar-refractivity contribution in [2.24, 2.45) is 0 Å². The molecule has 1 aromatic heterocycles. The number of carbonyl (C=O) groups excluding carboxylic acids is 2. The first-order valence-electron chi connectivity index (χ1n) is 10.8. The standard InChI is InChI=1S/C24H29N5O4S/c1-15(13-28(3)14-17-9-6-5-7-10-17)26-23(32)29-20(18-11-8-12-25-21(18)34-4)19(22(30)31)16(2)27-24(29)33/h5-12,15,20H,13-14H2,1-4H3,(H,26,32)(H,27,33)(H,30,31). The van der Waals surface area contributed by atoms with Crippen LogP contribution in [0.2, 0.25) is 0 Å². The van der Waals surface area contributed by atoms with E-state index in [1.165, 1.54) is 18.7 Å². The lowest BCUT2D eigenvalue weighted by atomic mass is 9.95. The lowest BCUT2D eigenvalue weighted by molar-refractivity contribution is -0.133. The molecule has 3 rings (SSSR count). The highest BCUT2D eigenvalue weighted by Crippen LogP contribution is 2.37. The van der Waals surface area contributed by atoms with E-state index in [4.69, 9.17) is 0 Å². The molecule has 0 spiro atoms. The summed E-state index contributed by atoms with van der Waals surface area (Å²) in [5, 5.41) is 15.8. The summed E-state index contributed by atoms with van der Waals surface area (Å²) in [6.07, 6.45) is 3.39. The summed E-state index contributed by atoms with van der Waals surface area (Å²) >= 11 is 1.32. The van der Waals surface area contributed by atoms with Gasteiger partial charge in [-0.05, 0) is 38.8 Å². The summed E-state index contributed by atoms with van der Waals surface area (Å²) in [5.41, 5.74) is 1.74. The van der Waals surface area contributed by atoms with E-state index in [1.54, 1.807) is 24.6 Å². The predicted octanol–water partition coefficient (Wildman–Crippen LogP) is 3.46. The smallest absolute Gasteiger partial charge is 0.335 e. The van der Waals surface area contributed by atoms with Crippen molar-refractivity contribution in [1.29, 1.82) is 0 Å². The van der Waals surface area contributed by atoms with Gasteiger partial charge in [-0.2, -0.15) is 0 Å². The number of carbonyl (C=O) groups is 3. The zero-order chi connectivity index (χ0) is 24.8. The number of urea groups is 2. The Hall–Kier alpha value is -3.37. The van der Waals surface area contributed by atoms with Crippen LogP contribution in [0, 0.1) is 0 Å². The Labute approximate surface area is 203 Å². The third-order valence-electron chi connectivity index (χ3n) is 5.44. The van der Waals surface area contributed by atoms with Gasteiger partial charge in [-0.3, -0.25) is 0 Å². The molecule has 2 aromatic rings. The van der Waals surface area contributed by atoms with Gasteiger partial charge in [-0.25, -0.2) is 24.3 Å². The van der Waals surface area contributed by atoms with Crippen LogP contribution in [0.4, 0.5) is 9.59 Å². The fraction of sp³-hybridized carbons (Fsp3) is 0.333. The maximum Gasteiger partial charge on any atom is 0.335 e. The molecular formula is C24H29N5O4S. The lowest BCUT2D eigenvalue weighted by Gasteiger charge is -2.37. The maximum absolute atomic E-state index is 13.3. The molecule has 0 bridgehead atoms. The Morgan fingerprint density at radius 2 is 1.97 bits per heavy atom. The van der Waals surface area contributed by atoms with Crippen LogP contribution in [0.5, 0.6) is 0 Å². The van der Waals surface area contributed by atoms with Gasteiger partial charge in [0.1, 0.15) is 11.1 Å². The van der Waals surface area contributed by atoms with Crippen molar-refractivity contribution in [1.82, 2.24) is 25.4 Å². The second kappa shape index (κ2) is 11.2. The number of aromatic nitrogens is 1. The van der Waals surface area contributed by atoms with Gasteiger partial charge < -0.3 is 20.6 Å². The van der Waals surface area contributed by atoms with Crippen LogP contribution in [0.1, 0.15) is 31.0 Å². The second-order valence-corrected chi connectivity index (χ2v) is 8.98. The van der Waals surface area contributed by atoms with Crippen molar-refractivity contribution < 1.29 is 19.5 Å². The van der Waals surface area contributed by atoms with E-state index < -0.39 is 24.1 Å². The van der Waals surface area contributed by atoms with Gasteiger partial charge in [-0.1, -0.05) is 36.4 Å². The largest absolute Gasteiger partial charge is 0.478 e. The molecule has 0 saturated heterocycles. The van der Waals surface area contributed by atoms with Crippen LogP contribution in [0.3, 0.4) is 0 Å². The molecule has 1 aliphatic heterocycles. The van der Waals surface area contributed by atoms with Crippen LogP contribution >= 0.6 is 11.8 Å². The molecule has 34 heavy (non-hydrogen) atoms. The molecule has 0 aliphatic carbocycles. The third-order valence-corrected chi connectivity index (χ3v) is 6.17. The first-order valence-corrected chi connectivity index (χ1v) is 12.0. The number of likely N-dealkylation sites (N-methyl/N-ethyl adjacent to an activating group) is 1. The third kappa shape index (κ3) is 5.75. The highest BCUT2D eigenvalue weighted by atomic mass is 32.2. The number of imide groups is 1. The number of thioether (sulfide) groups is 1. The normalized spacial score (nSPS) is 16.9. The van der Waals surface area contributed by atoms with Crippen LogP contribution in [-0.4, -0.2) is 63.8 Å². The molecule has 2 unspecified atom stereocenters. The number of hydrogen-bond donors (Lipinski definition) is 3. The number of benzene rings is 1. The number of carboxylic acid groups (broad SMARTS) is 1. The van der Waals surface area contributed by atoms with Crippen LogP contribution in [0.15, 0.2) is 65.0 Å². The number of nitrogens with one attached hydrogen (secondary N) is 2. The molecular weight excluding hydrogens is 454 g/mol. The Balaban J connectivity index is 1.84. The van der Waals surface area contributed by atoms with Crippen molar-refractivity contribution in [3.8, 4) is 0 Å². The van der Waals surface area contributed by atoms with Crippen LogP contribution in [-0.2, 0) is 11.3 Å². The molecule has 3 N–H and O–H groups in total. The molecule has 2 atom stereocenters. The minimum Gasteiger partial charge on any atom is -0.478 e. The van der Waals surface area contributed by atoms with Gasteiger partial charge in [-0.15, -0.1) is 11.8 Å². The van der Waals surface area contributed by atoms with E-state index in [-0.39, 0.29) is 17.3 Å². The van der Waals surface area contributed by atoms with E-state index in [0.717, 1.165) is 10.5 Å². The highest BCUT2D eigenvalue weighted by Gasteiger charge is 2.42. The van der Waals surface area contributed by atoms with Gasteiger partial charge in [0.05, 0.1) is 5.57 Å². The predicted molar refractivity (Wildman–Crippen MR) is 130 cm³/mol. The quantitative estimate of drug-likeness (QED) is 0.493. The summed E-state index contributed by atoms with van der Waals surface area (Å²) < 4.78 is 0. The van der Waals surface area contributed by atoms with E-state index in [0.29, 0.717) is 23.7 Å². The molecule has 10 heteroatoms. The average molecular weight is 484 g/mol. The number of hydrogen-bond acceptors (Lipinski definition) is 6. The summed E-state index contributed by atoms with van der Waals surface area (Å²) in [6, 6.07) is 10.5. The molecule has 0 saturated carbocycles. The Kier molecular flexibility index (Phi) is 8.30. The zero-order valence-corrected chi connectivity index (χ0v) is 20.4. The summed E-state index contributed by atoms with van der Waals surface area (Å²) in [4.78, 5) is 45.7. The topological polar surface area (TPSA) is 115 Å². The van der Waals surface area contributed by atoms with Crippen molar-refractivity contribution in [3.05, 3.63) is 71.1 Å². The number of pyridine rings is 1. The molecule has 180 valence electrons. The van der Waals surface area contributed by atoms with Crippen LogP contribution in [0.25, 0.3) is 0 Å². The molecule has 0 fully saturated rings. The van der Waals surface area contributed by atoms with E-state index in [9.17, 15) is 19.5 Å². The van der Waals surface area contributed by atoms with Gasteiger partial charge in [0, 0.05) is 36.6 Å². The second-order valence-electron chi connectivity index (χ2n) is 8.18. The Morgan fingerprint density at radius 3 is 2.62 bits per heavy atom. The fourth-order valence-corrected chi connectivity index (χ4v) is 4.64. The van der Waals surface area contributed by atoms with Crippen molar-refractivity contribution >= 4 is 29.8 Å². The number of carboxylic acids is 1. The highest BCUT2D eigenvalue weighted by molar-refractivity contribution is 7.98. The number of rotatable bonds is 8. The average Bonchev–Trinajstić information content (AvgIpc) is 2.78. The zero-order valence-electron chi connectivity index (χ0n) is 19.6. The number of nitrogens with zero attached hydrogens (tertiary/aromatic N) is 3.